The van der Waals surface area contributed by atoms with E-state index < -0.39 is 0 Å². The molecule has 0 aliphatic rings. The van der Waals surface area contributed by atoms with Crippen LogP contribution in [0, 0.1) is 0 Å². The van der Waals surface area contributed by atoms with Gasteiger partial charge in [0.1, 0.15) is 16.7 Å². The zero-order valence-electron chi connectivity index (χ0n) is 22.9. The smallest absolute Gasteiger partial charge is 0.179 e. The van der Waals surface area contributed by atoms with Gasteiger partial charge in [-0.3, -0.25) is 0 Å². The Morgan fingerprint density at radius 2 is 0.907 bits per heavy atom. The average Bonchev–Trinajstić information content (AvgIpc) is 3.78. The predicted octanol–water partition coefficient (Wildman–Crippen LogP) is 11.9. The van der Waals surface area contributed by atoms with Gasteiger partial charge in [-0.25, -0.2) is 0 Å². The fourth-order valence-electron chi connectivity index (χ4n) is 7.21. The Bertz CT molecular complexity index is 2680. The molecule has 3 nitrogen and oxygen atoms in total. The predicted molar refractivity (Wildman–Crippen MR) is 177 cm³/mol. The van der Waals surface area contributed by atoms with Crippen molar-refractivity contribution in [1.82, 2.24) is 0 Å². The molecule has 0 N–H and O–H groups in total. The van der Waals surface area contributed by atoms with Gasteiger partial charge in [-0.2, -0.15) is 0 Å². The molecule has 7 aromatic carbocycles. The molecule has 0 amide bonds. The number of fused-ring (bicyclic) bond motifs is 10. The topological polar surface area (TPSA) is 39.4 Å². The van der Waals surface area contributed by atoms with Crippen LogP contribution in [0.25, 0.3) is 98.6 Å². The first-order chi connectivity index (χ1) is 21.3. The summed E-state index contributed by atoms with van der Waals surface area (Å²) in [7, 11) is 0. The molecule has 3 heteroatoms. The lowest BCUT2D eigenvalue weighted by atomic mass is 9.84. The highest BCUT2D eigenvalue weighted by molar-refractivity contribution is 6.29. The summed E-state index contributed by atoms with van der Waals surface area (Å²) in [5.74, 6) is 0. The van der Waals surface area contributed by atoms with Crippen molar-refractivity contribution in [2.75, 3.05) is 0 Å². The van der Waals surface area contributed by atoms with Crippen LogP contribution in [0.4, 0.5) is 0 Å². The number of rotatable bonds is 2. The first kappa shape index (κ1) is 22.8. The van der Waals surface area contributed by atoms with E-state index in [1.165, 1.54) is 38.2 Å². The second kappa shape index (κ2) is 8.37. The lowest BCUT2D eigenvalue weighted by Crippen LogP contribution is -1.92. The molecular formula is C40H22O3. The first-order valence-electron chi connectivity index (χ1n) is 14.5. The van der Waals surface area contributed by atoms with E-state index in [-0.39, 0.29) is 0 Å². The molecule has 0 fully saturated rings. The number of para-hydroxylation sites is 2. The maximum absolute atomic E-state index is 6.48. The second-order valence-electron chi connectivity index (χ2n) is 11.2. The second-order valence-corrected chi connectivity index (χ2v) is 11.2. The molecule has 200 valence electrons. The Morgan fingerprint density at radius 1 is 0.372 bits per heavy atom. The Hall–Kier alpha value is -5.80. The zero-order valence-corrected chi connectivity index (χ0v) is 22.9. The van der Waals surface area contributed by atoms with Gasteiger partial charge in [0, 0.05) is 26.9 Å². The Balaban J connectivity index is 1.43. The Morgan fingerprint density at radius 3 is 1.58 bits per heavy atom. The summed E-state index contributed by atoms with van der Waals surface area (Å²) in [4.78, 5) is 0. The number of furan rings is 3. The lowest BCUT2D eigenvalue weighted by molar-refractivity contribution is 0.600. The van der Waals surface area contributed by atoms with Gasteiger partial charge in [0.25, 0.3) is 0 Å². The average molecular weight is 551 g/mol. The minimum absolute atomic E-state index is 0.777. The summed E-state index contributed by atoms with van der Waals surface area (Å²) in [5.41, 5.74) is 8.93. The fraction of sp³-hybridized carbons (Fsp3) is 0. The third-order valence-electron chi connectivity index (χ3n) is 8.94. The van der Waals surface area contributed by atoms with Crippen molar-refractivity contribution < 1.29 is 13.3 Å². The van der Waals surface area contributed by atoms with Crippen molar-refractivity contribution in [3.8, 4) is 22.3 Å². The summed E-state index contributed by atoms with van der Waals surface area (Å²) >= 11 is 0. The van der Waals surface area contributed by atoms with Crippen LogP contribution >= 0.6 is 0 Å². The van der Waals surface area contributed by atoms with Crippen molar-refractivity contribution in [1.29, 1.82) is 0 Å². The molecule has 3 heterocycles. The van der Waals surface area contributed by atoms with Crippen LogP contribution in [0.5, 0.6) is 0 Å². The molecule has 0 spiro atoms. The van der Waals surface area contributed by atoms with Crippen LogP contribution in [0.3, 0.4) is 0 Å². The summed E-state index contributed by atoms with van der Waals surface area (Å²) in [6.45, 7) is 0. The molecule has 0 saturated carbocycles. The molecular weight excluding hydrogens is 528 g/mol. The van der Waals surface area contributed by atoms with E-state index in [1.807, 2.05) is 30.3 Å². The SMILES string of the molecule is c1ccc2c(c1)oc1cccc(-c3c4ccccc4c(-c4cc5ccoc5c5oc6ccccc6c45)c4ccccc34)c12. The molecule has 10 aromatic rings. The summed E-state index contributed by atoms with van der Waals surface area (Å²) in [6.07, 6.45) is 1.75. The molecule has 43 heavy (non-hydrogen) atoms. The van der Waals surface area contributed by atoms with E-state index in [9.17, 15) is 0 Å². The van der Waals surface area contributed by atoms with Crippen LogP contribution in [-0.2, 0) is 0 Å². The third-order valence-corrected chi connectivity index (χ3v) is 8.94. The van der Waals surface area contributed by atoms with E-state index in [0.717, 1.165) is 60.4 Å². The van der Waals surface area contributed by atoms with Gasteiger partial charge < -0.3 is 13.3 Å². The van der Waals surface area contributed by atoms with Gasteiger partial charge in [0.15, 0.2) is 11.2 Å². The minimum Gasteiger partial charge on any atom is -0.460 e. The molecule has 0 aliphatic carbocycles. The van der Waals surface area contributed by atoms with E-state index in [0.29, 0.717) is 0 Å². The van der Waals surface area contributed by atoms with Crippen LogP contribution in [0.2, 0.25) is 0 Å². The zero-order chi connectivity index (χ0) is 28.1. The Labute approximate surface area is 245 Å². The van der Waals surface area contributed by atoms with Gasteiger partial charge in [0.05, 0.1) is 6.26 Å². The van der Waals surface area contributed by atoms with Crippen molar-refractivity contribution in [2.45, 2.75) is 0 Å². The van der Waals surface area contributed by atoms with Gasteiger partial charge >= 0.3 is 0 Å². The quantitative estimate of drug-likeness (QED) is 0.201. The highest BCUT2D eigenvalue weighted by Gasteiger charge is 2.24. The summed E-state index contributed by atoms with van der Waals surface area (Å²) in [5, 5.41) is 10.2. The normalized spacial score (nSPS) is 12.2. The van der Waals surface area contributed by atoms with Gasteiger partial charge in [-0.05, 0) is 74.1 Å². The molecule has 3 aromatic heterocycles. The molecule has 0 unspecified atom stereocenters. The van der Waals surface area contributed by atoms with Crippen LogP contribution < -0.4 is 0 Å². The monoisotopic (exact) mass is 550 g/mol. The van der Waals surface area contributed by atoms with Crippen LogP contribution in [-0.4, -0.2) is 0 Å². The van der Waals surface area contributed by atoms with E-state index in [2.05, 4.69) is 97.1 Å². The number of hydrogen-bond donors (Lipinski definition) is 0. The van der Waals surface area contributed by atoms with Gasteiger partial charge in [-0.15, -0.1) is 0 Å². The maximum atomic E-state index is 6.48. The number of benzene rings is 7. The van der Waals surface area contributed by atoms with Crippen molar-refractivity contribution in [3.05, 3.63) is 134 Å². The number of hydrogen-bond acceptors (Lipinski definition) is 3. The standard InChI is InChI=1S/C40H22O3/c1-3-12-26-24(10-1)35(30-16-9-19-34-37(30)28-14-5-7-17-32(28)42-34)25-11-2-4-13-27(25)36(26)31-22-23-20-21-41-39(23)40-38(31)29-15-6-8-18-33(29)43-40/h1-22H. The first-order valence-corrected chi connectivity index (χ1v) is 14.5. The molecule has 0 saturated heterocycles. The van der Waals surface area contributed by atoms with E-state index >= 15 is 0 Å². The summed E-state index contributed by atoms with van der Waals surface area (Å²) in [6, 6.07) is 44.8. The largest absolute Gasteiger partial charge is 0.460 e. The van der Waals surface area contributed by atoms with E-state index in [1.54, 1.807) is 6.26 Å². The van der Waals surface area contributed by atoms with Crippen molar-refractivity contribution >= 4 is 76.4 Å². The summed E-state index contributed by atoms with van der Waals surface area (Å²) < 4.78 is 18.8. The highest BCUT2D eigenvalue weighted by Crippen LogP contribution is 2.50. The van der Waals surface area contributed by atoms with Crippen LogP contribution in [0.1, 0.15) is 0 Å². The molecule has 0 aliphatic heterocycles. The molecule has 0 atom stereocenters. The van der Waals surface area contributed by atoms with Crippen molar-refractivity contribution in [3.63, 3.8) is 0 Å². The van der Waals surface area contributed by atoms with E-state index in [4.69, 9.17) is 13.3 Å². The van der Waals surface area contributed by atoms with Gasteiger partial charge in [0.2, 0.25) is 0 Å². The lowest BCUT2D eigenvalue weighted by Gasteiger charge is -2.19. The third kappa shape index (κ3) is 3.03. The highest BCUT2D eigenvalue weighted by atomic mass is 16.4. The fourth-order valence-corrected chi connectivity index (χ4v) is 7.21. The maximum Gasteiger partial charge on any atom is 0.179 e. The molecule has 0 radical (unpaired) electrons. The molecule has 10 rings (SSSR count). The van der Waals surface area contributed by atoms with Crippen molar-refractivity contribution in [2.24, 2.45) is 0 Å². The minimum atomic E-state index is 0.777. The molecule has 0 bridgehead atoms. The van der Waals surface area contributed by atoms with Crippen LogP contribution in [0.15, 0.2) is 147 Å². The Kier molecular flexibility index (Phi) is 4.45. The van der Waals surface area contributed by atoms with Gasteiger partial charge in [-0.1, -0.05) is 97.1 Å².